The number of fused-ring (bicyclic) bond motifs is 8. The van der Waals surface area contributed by atoms with Gasteiger partial charge in [0.15, 0.2) is 0 Å². The zero-order valence-corrected chi connectivity index (χ0v) is 36.7. The van der Waals surface area contributed by atoms with Gasteiger partial charge in [-0.2, -0.15) is 0 Å². The third kappa shape index (κ3) is 6.94. The van der Waals surface area contributed by atoms with E-state index < -0.39 is 6.03 Å². The van der Waals surface area contributed by atoms with E-state index in [1.165, 1.54) is 0 Å². The lowest BCUT2D eigenvalue weighted by Gasteiger charge is -2.17. The normalized spacial score (nSPS) is 15.4. The van der Waals surface area contributed by atoms with Gasteiger partial charge in [0.1, 0.15) is 22.9 Å². The van der Waals surface area contributed by atoms with Crippen molar-refractivity contribution in [3.63, 3.8) is 0 Å². The predicted octanol–water partition coefficient (Wildman–Crippen LogP) is 11.3. The number of amides is 4. The molecule has 62 heavy (non-hydrogen) atoms. The van der Waals surface area contributed by atoms with E-state index in [4.69, 9.17) is 23.2 Å². The predicted molar refractivity (Wildman–Crippen MR) is 252 cm³/mol. The van der Waals surface area contributed by atoms with E-state index in [1.54, 1.807) is 70.5 Å². The van der Waals surface area contributed by atoms with Crippen LogP contribution in [0, 0.1) is 13.8 Å². The van der Waals surface area contributed by atoms with Gasteiger partial charge in [0.05, 0.1) is 22.4 Å². The summed E-state index contributed by atoms with van der Waals surface area (Å²) in [7, 11) is 0. The lowest BCUT2D eigenvalue weighted by atomic mass is 9.97. The topological polar surface area (TPSA) is 185 Å². The van der Waals surface area contributed by atoms with Crippen LogP contribution in [-0.2, 0) is 0 Å². The summed E-state index contributed by atoms with van der Waals surface area (Å²) in [4.78, 5) is 57.1. The second-order valence-corrected chi connectivity index (χ2v) is 15.8. The van der Waals surface area contributed by atoms with E-state index in [0.29, 0.717) is 81.1 Å². The third-order valence-corrected chi connectivity index (χ3v) is 12.3. The number of aromatic hydroxyl groups is 2. The number of phenolic OH excluding ortho intramolecular Hbond substituents is 2. The largest absolute Gasteiger partial charge is 0.506 e. The number of carbonyl (C=O) groups is 3. The molecule has 4 amide bonds. The number of nitrogens with one attached hydrogen (secondary N) is 6. The second-order valence-electron chi connectivity index (χ2n) is 15.2. The Balaban J connectivity index is 0.00000129. The zero-order valence-electron chi connectivity index (χ0n) is 35.2. The SMILES string of the molecule is CC.CC.Cc1c[nH]c2c(O)cc3c(c12)C(CCl)CN3C(=O)c1cc2cc(NC(=O)Nc3ccc4[nH]c(C(=O)N5C[C@@H](CCl)c6c5cc(O)c5[nH]cc(C)c65)cc4c3)ccc2[nH]1. The minimum Gasteiger partial charge on any atom is -0.506 e. The molecule has 0 fully saturated rings. The van der Waals surface area contributed by atoms with Crippen LogP contribution in [-0.4, -0.2) is 72.8 Å². The summed E-state index contributed by atoms with van der Waals surface area (Å²) < 4.78 is 0. The van der Waals surface area contributed by atoms with E-state index in [2.05, 4.69) is 30.6 Å². The van der Waals surface area contributed by atoms with Gasteiger partial charge in [-0.1, -0.05) is 27.7 Å². The summed E-state index contributed by atoms with van der Waals surface area (Å²) >= 11 is 12.8. The number of alkyl halides is 2. The Morgan fingerprint density at radius 3 is 1.44 bits per heavy atom. The molecule has 0 spiro atoms. The molecule has 15 heteroatoms. The molecule has 2 aliphatic heterocycles. The van der Waals surface area contributed by atoms with E-state index in [1.807, 2.05) is 53.9 Å². The van der Waals surface area contributed by atoms with Crippen molar-refractivity contribution in [3.8, 4) is 11.5 Å². The number of halogens is 2. The van der Waals surface area contributed by atoms with E-state index >= 15 is 0 Å². The van der Waals surface area contributed by atoms with Crippen molar-refractivity contribution < 1.29 is 24.6 Å². The van der Waals surface area contributed by atoms with Gasteiger partial charge < -0.3 is 50.6 Å². The van der Waals surface area contributed by atoms with Crippen molar-refractivity contribution in [1.29, 1.82) is 0 Å². The highest BCUT2D eigenvalue weighted by molar-refractivity contribution is 6.20. The number of phenols is 2. The van der Waals surface area contributed by atoms with Gasteiger partial charge in [0.25, 0.3) is 11.8 Å². The van der Waals surface area contributed by atoms with Crippen molar-refractivity contribution in [2.75, 3.05) is 45.3 Å². The van der Waals surface area contributed by atoms with Crippen LogP contribution in [0.4, 0.5) is 27.5 Å². The van der Waals surface area contributed by atoms with Crippen LogP contribution in [0.2, 0.25) is 0 Å². The Morgan fingerprint density at radius 2 is 1.05 bits per heavy atom. The molecule has 13 nitrogen and oxygen atoms in total. The number of urea groups is 1. The molecule has 2 atom stereocenters. The minimum atomic E-state index is -0.476. The third-order valence-electron chi connectivity index (χ3n) is 11.6. The quantitative estimate of drug-likeness (QED) is 0.0772. The first-order valence-corrected chi connectivity index (χ1v) is 21.8. The van der Waals surface area contributed by atoms with E-state index in [9.17, 15) is 24.6 Å². The monoisotopic (exact) mass is 874 g/mol. The number of aromatic amines is 4. The maximum Gasteiger partial charge on any atom is 0.323 e. The number of benzene rings is 4. The molecule has 6 heterocycles. The van der Waals surface area contributed by atoms with Crippen LogP contribution < -0.4 is 20.4 Å². The number of H-pyrrole nitrogens is 4. The zero-order chi connectivity index (χ0) is 44.1. The minimum absolute atomic E-state index is 0.0646. The molecule has 0 bridgehead atoms. The lowest BCUT2D eigenvalue weighted by molar-refractivity contribution is 0.0977. The van der Waals surface area contributed by atoms with Gasteiger partial charge in [-0.25, -0.2) is 4.79 Å². The molecule has 10 rings (SSSR count). The summed E-state index contributed by atoms with van der Waals surface area (Å²) in [5.74, 6) is 0.0456. The van der Waals surface area contributed by atoms with E-state index in [0.717, 1.165) is 43.8 Å². The number of rotatable bonds is 6. The van der Waals surface area contributed by atoms with Crippen LogP contribution in [0.5, 0.6) is 11.5 Å². The summed E-state index contributed by atoms with van der Waals surface area (Å²) in [6, 6.07) is 16.9. The Hall–Kier alpha value is -6.57. The van der Waals surface area contributed by atoms with Crippen molar-refractivity contribution in [1.82, 2.24) is 19.9 Å². The van der Waals surface area contributed by atoms with Crippen molar-refractivity contribution in [3.05, 3.63) is 107 Å². The van der Waals surface area contributed by atoms with Gasteiger partial charge in [-0.05, 0) is 84.6 Å². The highest BCUT2D eigenvalue weighted by Crippen LogP contribution is 2.48. The molecule has 320 valence electrons. The molecule has 0 aliphatic carbocycles. The Bertz CT molecular complexity index is 2850. The molecule has 1 unspecified atom stereocenters. The summed E-state index contributed by atoms with van der Waals surface area (Å²) in [6.07, 6.45) is 3.68. The second kappa shape index (κ2) is 16.7. The summed E-state index contributed by atoms with van der Waals surface area (Å²) in [5.41, 5.74) is 9.52. The fourth-order valence-electron chi connectivity index (χ4n) is 8.92. The number of aryl methyl sites for hydroxylation is 2. The molecule has 0 radical (unpaired) electrons. The van der Waals surface area contributed by atoms with Crippen LogP contribution in [0.1, 0.15) is 82.8 Å². The van der Waals surface area contributed by atoms with Crippen molar-refractivity contribution >= 4 is 107 Å². The first-order valence-electron chi connectivity index (χ1n) is 20.8. The number of carbonyl (C=O) groups excluding carboxylic acids is 3. The highest BCUT2D eigenvalue weighted by Gasteiger charge is 2.38. The standard InChI is InChI=1S/C43H36Cl2N8O5.2C2H6/c1-19-15-46-39-33(54)11-31-37(35(19)39)23(13-44)17-52(31)41(56)29-9-21-7-25(3-5-27(21)50-29)48-43(58)49-26-4-6-28-22(8-26)10-30(51-28)42(57)53-18-24(14-45)38-32(53)12-34(55)40-36(38)20(2)16-47-40;2*1-2/h3-12,15-16,23-24,46-47,50-51,54-55H,13-14,17-18H2,1-2H3,(H2,48,49,58);2*1-2H3/t23-,24?;;/m1../s1. The Morgan fingerprint density at radius 1 is 0.645 bits per heavy atom. The van der Waals surface area contributed by atoms with Crippen LogP contribution in [0.3, 0.4) is 0 Å². The molecule has 2 aliphatic rings. The number of hydrogen-bond acceptors (Lipinski definition) is 5. The highest BCUT2D eigenvalue weighted by atomic mass is 35.5. The fourth-order valence-corrected chi connectivity index (χ4v) is 9.43. The van der Waals surface area contributed by atoms with Crippen LogP contribution in [0.25, 0.3) is 43.6 Å². The van der Waals surface area contributed by atoms with Gasteiger partial charge in [0.2, 0.25) is 0 Å². The van der Waals surface area contributed by atoms with Crippen molar-refractivity contribution in [2.45, 2.75) is 53.4 Å². The molecule has 0 saturated heterocycles. The lowest BCUT2D eigenvalue weighted by Crippen LogP contribution is -2.30. The van der Waals surface area contributed by atoms with Gasteiger partial charge in [-0.3, -0.25) is 9.59 Å². The fraction of sp³-hybridized carbons (Fsp3) is 0.255. The first kappa shape index (κ1) is 42.1. The van der Waals surface area contributed by atoms with Crippen LogP contribution >= 0.6 is 23.2 Å². The maximum atomic E-state index is 14.0. The Labute approximate surface area is 367 Å². The molecule has 0 saturated carbocycles. The summed E-state index contributed by atoms with van der Waals surface area (Å²) in [6.45, 7) is 12.7. The average Bonchev–Trinajstić information content (AvgIpc) is 4.14. The smallest absolute Gasteiger partial charge is 0.323 e. The first-order chi connectivity index (χ1) is 30.0. The molecular formula is C47H48Cl2N8O5. The van der Waals surface area contributed by atoms with Crippen molar-refractivity contribution in [2.24, 2.45) is 0 Å². The number of anilines is 4. The molecular weight excluding hydrogens is 827 g/mol. The number of aromatic nitrogens is 4. The Kier molecular flexibility index (Phi) is 11.4. The molecule has 4 aromatic heterocycles. The van der Waals surface area contributed by atoms with Crippen LogP contribution in [0.15, 0.2) is 73.1 Å². The number of hydrogen-bond donors (Lipinski definition) is 8. The van der Waals surface area contributed by atoms with Gasteiger partial charge in [-0.15, -0.1) is 23.2 Å². The van der Waals surface area contributed by atoms with Gasteiger partial charge >= 0.3 is 6.03 Å². The molecule has 8 N–H and O–H groups in total. The van der Waals surface area contributed by atoms with Gasteiger partial charge in [0, 0.05) is 105 Å². The molecule has 4 aromatic carbocycles. The maximum absolute atomic E-state index is 14.0. The average molecular weight is 876 g/mol. The summed E-state index contributed by atoms with van der Waals surface area (Å²) in [5, 5.41) is 30.5. The number of nitrogens with zero attached hydrogens (tertiary/aromatic N) is 2. The molecule has 8 aromatic rings. The van der Waals surface area contributed by atoms with E-state index in [-0.39, 0.29) is 35.1 Å².